The van der Waals surface area contributed by atoms with Crippen molar-refractivity contribution in [3.8, 4) is 0 Å². The third-order valence-electron chi connectivity index (χ3n) is 4.09. The number of hydrogen-bond donors (Lipinski definition) is 2. The van der Waals surface area contributed by atoms with E-state index in [1.54, 1.807) is 11.9 Å². The average Bonchev–Trinajstić information content (AvgIpc) is 2.47. The molecular weight excluding hydrogens is 264 g/mol. The number of urea groups is 1. The van der Waals surface area contributed by atoms with Crippen LogP contribution in [0.2, 0.25) is 0 Å². The standard InChI is InChI=1S/C17H26N2O2/c1-3-4-5-6-7-8-16(20)13-9-10-15-14(11-13)12-19(2)17(21)18-15/h9-11,16,20H,3-8,12H2,1-2H3,(H,18,21). The molecule has 0 aliphatic carbocycles. The molecule has 0 aromatic heterocycles. The van der Waals surface area contributed by atoms with Gasteiger partial charge in [0.05, 0.1) is 6.10 Å². The molecule has 4 nitrogen and oxygen atoms in total. The molecule has 1 heterocycles. The largest absolute Gasteiger partial charge is 0.388 e. The van der Waals surface area contributed by atoms with Crippen LogP contribution in [-0.4, -0.2) is 23.1 Å². The van der Waals surface area contributed by atoms with Crippen molar-refractivity contribution >= 4 is 11.7 Å². The van der Waals surface area contributed by atoms with E-state index in [4.69, 9.17) is 0 Å². The zero-order valence-electron chi connectivity index (χ0n) is 13.1. The Morgan fingerprint density at radius 2 is 2.05 bits per heavy atom. The molecule has 1 unspecified atom stereocenters. The lowest BCUT2D eigenvalue weighted by molar-refractivity contribution is 0.163. The quantitative estimate of drug-likeness (QED) is 0.744. The molecule has 4 heteroatoms. The SMILES string of the molecule is CCCCCCCC(O)c1ccc2c(c1)CN(C)C(=O)N2. The summed E-state index contributed by atoms with van der Waals surface area (Å²) in [6.07, 6.45) is 6.44. The third-order valence-corrected chi connectivity index (χ3v) is 4.09. The van der Waals surface area contributed by atoms with Crippen LogP contribution in [0.5, 0.6) is 0 Å². The predicted octanol–water partition coefficient (Wildman–Crippen LogP) is 4.06. The van der Waals surface area contributed by atoms with Gasteiger partial charge in [0.2, 0.25) is 0 Å². The van der Waals surface area contributed by atoms with Crippen LogP contribution in [0.15, 0.2) is 18.2 Å². The van der Waals surface area contributed by atoms with Crippen LogP contribution in [0, 0.1) is 0 Å². The number of benzene rings is 1. The highest BCUT2D eigenvalue weighted by molar-refractivity contribution is 5.92. The maximum atomic E-state index is 11.6. The summed E-state index contributed by atoms with van der Waals surface area (Å²) in [5, 5.41) is 13.1. The van der Waals surface area contributed by atoms with Gasteiger partial charge in [-0.1, -0.05) is 45.1 Å². The number of amides is 2. The number of nitrogens with one attached hydrogen (secondary N) is 1. The van der Waals surface area contributed by atoms with E-state index in [-0.39, 0.29) is 6.03 Å². The van der Waals surface area contributed by atoms with Gasteiger partial charge in [-0.3, -0.25) is 0 Å². The number of nitrogens with zero attached hydrogens (tertiary/aromatic N) is 1. The molecule has 21 heavy (non-hydrogen) atoms. The lowest BCUT2D eigenvalue weighted by atomic mass is 9.99. The Kier molecular flexibility index (Phi) is 5.62. The Bertz CT molecular complexity index is 488. The van der Waals surface area contributed by atoms with Crippen LogP contribution in [-0.2, 0) is 6.54 Å². The third kappa shape index (κ3) is 4.21. The van der Waals surface area contributed by atoms with Gasteiger partial charge >= 0.3 is 6.03 Å². The van der Waals surface area contributed by atoms with Gasteiger partial charge in [0.15, 0.2) is 0 Å². The van der Waals surface area contributed by atoms with Gasteiger partial charge in [-0.2, -0.15) is 0 Å². The van der Waals surface area contributed by atoms with Crippen molar-refractivity contribution in [1.29, 1.82) is 0 Å². The van der Waals surface area contributed by atoms with E-state index in [1.165, 1.54) is 25.7 Å². The number of anilines is 1. The van der Waals surface area contributed by atoms with E-state index in [9.17, 15) is 9.90 Å². The number of carbonyl (C=O) groups excluding carboxylic acids is 1. The Hall–Kier alpha value is -1.55. The van der Waals surface area contributed by atoms with Gasteiger partial charge in [-0.25, -0.2) is 4.79 Å². The van der Waals surface area contributed by atoms with Gasteiger partial charge in [0.25, 0.3) is 0 Å². The summed E-state index contributed by atoms with van der Waals surface area (Å²) in [6.45, 7) is 2.80. The monoisotopic (exact) mass is 290 g/mol. The first kappa shape index (κ1) is 15.8. The normalized spacial score (nSPS) is 15.6. The highest BCUT2D eigenvalue weighted by Gasteiger charge is 2.20. The summed E-state index contributed by atoms with van der Waals surface area (Å²) < 4.78 is 0. The van der Waals surface area contributed by atoms with E-state index < -0.39 is 6.10 Å². The van der Waals surface area contributed by atoms with Crippen molar-refractivity contribution < 1.29 is 9.90 Å². The molecule has 1 atom stereocenters. The van der Waals surface area contributed by atoms with Crippen LogP contribution in [0.1, 0.15) is 62.7 Å². The highest BCUT2D eigenvalue weighted by Crippen LogP contribution is 2.28. The molecule has 1 aliphatic rings. The van der Waals surface area contributed by atoms with Crippen molar-refractivity contribution in [1.82, 2.24) is 4.90 Å². The zero-order valence-corrected chi connectivity index (χ0v) is 13.1. The van der Waals surface area contributed by atoms with Crippen LogP contribution < -0.4 is 5.32 Å². The molecule has 116 valence electrons. The topological polar surface area (TPSA) is 52.6 Å². The molecule has 2 N–H and O–H groups in total. The fraction of sp³-hybridized carbons (Fsp3) is 0.588. The number of unbranched alkanes of at least 4 members (excludes halogenated alkanes) is 4. The van der Waals surface area contributed by atoms with Crippen molar-refractivity contribution in [3.05, 3.63) is 29.3 Å². The van der Waals surface area contributed by atoms with Gasteiger partial charge < -0.3 is 15.3 Å². The zero-order chi connectivity index (χ0) is 15.2. The van der Waals surface area contributed by atoms with Crippen molar-refractivity contribution in [2.75, 3.05) is 12.4 Å². The van der Waals surface area contributed by atoms with Gasteiger partial charge in [0.1, 0.15) is 0 Å². The Balaban J connectivity index is 1.92. The second-order valence-electron chi connectivity index (χ2n) is 5.92. The van der Waals surface area contributed by atoms with E-state index in [1.807, 2.05) is 18.2 Å². The molecule has 0 spiro atoms. The van der Waals surface area contributed by atoms with Crippen LogP contribution in [0.25, 0.3) is 0 Å². The van der Waals surface area contributed by atoms with Crippen LogP contribution in [0.3, 0.4) is 0 Å². The van der Waals surface area contributed by atoms with Crippen molar-refractivity contribution in [2.24, 2.45) is 0 Å². The number of carbonyl (C=O) groups is 1. The highest BCUT2D eigenvalue weighted by atomic mass is 16.3. The first-order valence-corrected chi connectivity index (χ1v) is 7.94. The molecule has 1 aromatic rings. The van der Waals surface area contributed by atoms with Gasteiger partial charge in [-0.05, 0) is 29.7 Å². The van der Waals surface area contributed by atoms with Crippen LogP contribution in [0.4, 0.5) is 10.5 Å². The molecule has 0 radical (unpaired) electrons. The Morgan fingerprint density at radius 3 is 2.81 bits per heavy atom. The lowest BCUT2D eigenvalue weighted by Crippen LogP contribution is -2.35. The first-order chi connectivity index (χ1) is 10.1. The van der Waals surface area contributed by atoms with Crippen LogP contribution >= 0.6 is 0 Å². The molecule has 0 bridgehead atoms. The number of rotatable bonds is 7. The first-order valence-electron chi connectivity index (χ1n) is 7.94. The molecule has 0 saturated heterocycles. The molecule has 0 fully saturated rings. The second-order valence-corrected chi connectivity index (χ2v) is 5.92. The molecule has 1 aromatic carbocycles. The minimum atomic E-state index is -0.403. The molecule has 2 amide bonds. The summed E-state index contributed by atoms with van der Waals surface area (Å²) >= 11 is 0. The summed E-state index contributed by atoms with van der Waals surface area (Å²) in [7, 11) is 1.77. The summed E-state index contributed by atoms with van der Waals surface area (Å²) in [5.41, 5.74) is 2.88. The molecule has 0 saturated carbocycles. The van der Waals surface area contributed by atoms with Gasteiger partial charge in [-0.15, -0.1) is 0 Å². The summed E-state index contributed by atoms with van der Waals surface area (Å²) in [6, 6.07) is 5.76. The van der Waals surface area contributed by atoms with Gasteiger partial charge in [0, 0.05) is 19.3 Å². The van der Waals surface area contributed by atoms with E-state index in [0.717, 1.165) is 29.7 Å². The smallest absolute Gasteiger partial charge is 0.321 e. The number of aliphatic hydroxyl groups is 1. The second kappa shape index (κ2) is 7.46. The molecular formula is C17H26N2O2. The minimum Gasteiger partial charge on any atom is -0.388 e. The van der Waals surface area contributed by atoms with Crippen molar-refractivity contribution in [3.63, 3.8) is 0 Å². The molecule has 1 aliphatic heterocycles. The van der Waals surface area contributed by atoms with E-state index >= 15 is 0 Å². The minimum absolute atomic E-state index is 0.0771. The van der Waals surface area contributed by atoms with Crippen molar-refractivity contribution in [2.45, 2.75) is 58.1 Å². The molecule has 2 rings (SSSR count). The maximum absolute atomic E-state index is 11.6. The predicted molar refractivity (Wildman–Crippen MR) is 85.3 cm³/mol. The number of aliphatic hydroxyl groups excluding tert-OH is 1. The fourth-order valence-electron chi connectivity index (χ4n) is 2.72. The summed E-state index contributed by atoms with van der Waals surface area (Å²) in [4.78, 5) is 13.2. The fourth-order valence-corrected chi connectivity index (χ4v) is 2.72. The number of hydrogen-bond acceptors (Lipinski definition) is 2. The number of fused-ring (bicyclic) bond motifs is 1. The Morgan fingerprint density at radius 1 is 1.29 bits per heavy atom. The maximum Gasteiger partial charge on any atom is 0.321 e. The lowest BCUT2D eigenvalue weighted by Gasteiger charge is -2.26. The summed E-state index contributed by atoms with van der Waals surface area (Å²) in [5.74, 6) is 0. The average molecular weight is 290 g/mol. The van der Waals surface area contributed by atoms with E-state index in [2.05, 4.69) is 12.2 Å². The van der Waals surface area contributed by atoms with E-state index in [0.29, 0.717) is 6.54 Å². The Labute approximate surface area is 127 Å².